The van der Waals surface area contributed by atoms with Crippen LogP contribution in [0.5, 0.6) is 0 Å². The summed E-state index contributed by atoms with van der Waals surface area (Å²) < 4.78 is 1.69. The standard InChI is InChI=1S/C8H13N3O/c1-6(2)11-7(4-5-10-11)8(12)9-3/h4-6H,1-3H3,(H,9,12). The number of hydrogen-bond donors (Lipinski definition) is 1. The van der Waals surface area contributed by atoms with Crippen LogP contribution in [-0.4, -0.2) is 22.7 Å². The zero-order chi connectivity index (χ0) is 9.14. The lowest BCUT2D eigenvalue weighted by atomic mass is 10.3. The number of carbonyl (C=O) groups excluding carboxylic acids is 1. The van der Waals surface area contributed by atoms with E-state index in [9.17, 15) is 4.79 Å². The van der Waals surface area contributed by atoms with Crippen molar-refractivity contribution in [2.45, 2.75) is 19.9 Å². The van der Waals surface area contributed by atoms with Crippen LogP contribution in [0.1, 0.15) is 30.4 Å². The van der Waals surface area contributed by atoms with Crippen molar-refractivity contribution in [2.75, 3.05) is 7.05 Å². The van der Waals surface area contributed by atoms with Crippen LogP contribution in [0.2, 0.25) is 0 Å². The average Bonchev–Trinajstić information content (AvgIpc) is 2.50. The summed E-state index contributed by atoms with van der Waals surface area (Å²) in [5.74, 6) is -0.0961. The van der Waals surface area contributed by atoms with Crippen LogP contribution in [0.4, 0.5) is 0 Å². The lowest BCUT2D eigenvalue weighted by Crippen LogP contribution is -2.22. The molecule has 1 amide bonds. The van der Waals surface area contributed by atoms with Gasteiger partial charge in [-0.05, 0) is 19.9 Å². The highest BCUT2D eigenvalue weighted by atomic mass is 16.1. The summed E-state index contributed by atoms with van der Waals surface area (Å²) in [6.07, 6.45) is 1.63. The fraction of sp³-hybridized carbons (Fsp3) is 0.500. The number of amides is 1. The second kappa shape index (κ2) is 3.38. The largest absolute Gasteiger partial charge is 0.354 e. The quantitative estimate of drug-likeness (QED) is 0.709. The summed E-state index contributed by atoms with van der Waals surface area (Å²) in [7, 11) is 1.61. The molecule has 1 rings (SSSR count). The molecule has 0 radical (unpaired) electrons. The van der Waals surface area contributed by atoms with Gasteiger partial charge in [0.25, 0.3) is 5.91 Å². The highest BCUT2D eigenvalue weighted by molar-refractivity contribution is 5.92. The minimum Gasteiger partial charge on any atom is -0.354 e. The Bertz CT molecular complexity index is 278. The number of aromatic nitrogens is 2. The number of carbonyl (C=O) groups is 1. The first-order valence-corrected chi connectivity index (χ1v) is 3.92. The van der Waals surface area contributed by atoms with E-state index in [0.717, 1.165) is 0 Å². The van der Waals surface area contributed by atoms with Crippen molar-refractivity contribution in [3.05, 3.63) is 18.0 Å². The predicted octanol–water partition coefficient (Wildman–Crippen LogP) is 0.824. The normalized spacial score (nSPS) is 10.3. The summed E-state index contributed by atoms with van der Waals surface area (Å²) in [5, 5.41) is 6.60. The van der Waals surface area contributed by atoms with Gasteiger partial charge in [-0.25, -0.2) is 0 Å². The van der Waals surface area contributed by atoms with Gasteiger partial charge in [-0.3, -0.25) is 9.48 Å². The molecule has 0 saturated heterocycles. The van der Waals surface area contributed by atoms with Gasteiger partial charge in [0, 0.05) is 19.3 Å². The molecule has 4 nitrogen and oxygen atoms in total. The molecule has 66 valence electrons. The monoisotopic (exact) mass is 167 g/mol. The van der Waals surface area contributed by atoms with Crippen LogP contribution >= 0.6 is 0 Å². The van der Waals surface area contributed by atoms with Gasteiger partial charge in [0.05, 0.1) is 0 Å². The molecule has 1 aromatic rings. The van der Waals surface area contributed by atoms with Crippen molar-refractivity contribution in [1.82, 2.24) is 15.1 Å². The van der Waals surface area contributed by atoms with Crippen molar-refractivity contribution in [1.29, 1.82) is 0 Å². The Kier molecular flexibility index (Phi) is 2.47. The van der Waals surface area contributed by atoms with Gasteiger partial charge in [0.2, 0.25) is 0 Å². The van der Waals surface area contributed by atoms with E-state index in [2.05, 4.69) is 10.4 Å². The molecular formula is C8H13N3O. The van der Waals surface area contributed by atoms with E-state index in [4.69, 9.17) is 0 Å². The molecule has 0 aromatic carbocycles. The van der Waals surface area contributed by atoms with E-state index in [-0.39, 0.29) is 11.9 Å². The number of nitrogens with one attached hydrogen (secondary N) is 1. The molecule has 1 aromatic heterocycles. The minimum atomic E-state index is -0.0961. The SMILES string of the molecule is CNC(=O)c1ccnn1C(C)C. The van der Waals surface area contributed by atoms with Crippen molar-refractivity contribution < 1.29 is 4.79 Å². The third kappa shape index (κ3) is 1.47. The van der Waals surface area contributed by atoms with Crippen LogP contribution in [0.15, 0.2) is 12.3 Å². The molecule has 0 aliphatic rings. The Morgan fingerprint density at radius 2 is 2.33 bits per heavy atom. The zero-order valence-corrected chi connectivity index (χ0v) is 7.53. The molecule has 0 atom stereocenters. The van der Waals surface area contributed by atoms with E-state index < -0.39 is 0 Å². The first-order valence-electron chi connectivity index (χ1n) is 3.92. The lowest BCUT2D eigenvalue weighted by molar-refractivity contribution is 0.0950. The highest BCUT2D eigenvalue weighted by Gasteiger charge is 2.11. The summed E-state index contributed by atoms with van der Waals surface area (Å²) in [5.41, 5.74) is 0.604. The third-order valence-corrected chi connectivity index (χ3v) is 1.62. The van der Waals surface area contributed by atoms with Gasteiger partial charge in [0.15, 0.2) is 0 Å². The molecule has 12 heavy (non-hydrogen) atoms. The maximum atomic E-state index is 11.2. The van der Waals surface area contributed by atoms with Crippen LogP contribution in [0.25, 0.3) is 0 Å². The highest BCUT2D eigenvalue weighted by Crippen LogP contribution is 2.06. The number of rotatable bonds is 2. The van der Waals surface area contributed by atoms with Crippen LogP contribution in [0.3, 0.4) is 0 Å². The second-order valence-corrected chi connectivity index (χ2v) is 2.83. The van der Waals surface area contributed by atoms with Crippen LogP contribution < -0.4 is 5.32 Å². The topological polar surface area (TPSA) is 46.9 Å². The van der Waals surface area contributed by atoms with Gasteiger partial charge >= 0.3 is 0 Å². The van der Waals surface area contributed by atoms with Crippen molar-refractivity contribution in [3.63, 3.8) is 0 Å². The van der Waals surface area contributed by atoms with Gasteiger partial charge in [-0.15, -0.1) is 0 Å². The van der Waals surface area contributed by atoms with E-state index in [1.807, 2.05) is 13.8 Å². The van der Waals surface area contributed by atoms with Crippen LogP contribution in [-0.2, 0) is 0 Å². The van der Waals surface area contributed by atoms with Gasteiger partial charge in [0.1, 0.15) is 5.69 Å². The van der Waals surface area contributed by atoms with E-state index in [1.165, 1.54) is 0 Å². The summed E-state index contributed by atoms with van der Waals surface area (Å²) in [4.78, 5) is 11.2. The van der Waals surface area contributed by atoms with E-state index >= 15 is 0 Å². The Hall–Kier alpha value is -1.32. The predicted molar refractivity (Wildman–Crippen MR) is 46.0 cm³/mol. The molecule has 0 spiro atoms. The Balaban J connectivity index is 2.99. The smallest absolute Gasteiger partial charge is 0.269 e. The molecule has 1 heterocycles. The molecule has 0 aliphatic carbocycles. The fourth-order valence-corrected chi connectivity index (χ4v) is 1.03. The maximum Gasteiger partial charge on any atom is 0.269 e. The third-order valence-electron chi connectivity index (χ3n) is 1.62. The molecule has 4 heteroatoms. The molecule has 0 bridgehead atoms. The Morgan fingerprint density at radius 3 is 2.83 bits per heavy atom. The van der Waals surface area contributed by atoms with Crippen LogP contribution in [0, 0.1) is 0 Å². The summed E-state index contributed by atoms with van der Waals surface area (Å²) >= 11 is 0. The van der Waals surface area contributed by atoms with Gasteiger partial charge in [-0.2, -0.15) is 5.10 Å². The first-order chi connectivity index (χ1) is 5.66. The fourth-order valence-electron chi connectivity index (χ4n) is 1.03. The number of nitrogens with zero attached hydrogens (tertiary/aromatic N) is 2. The van der Waals surface area contributed by atoms with E-state index in [1.54, 1.807) is 24.0 Å². The summed E-state index contributed by atoms with van der Waals surface area (Å²) in [6.45, 7) is 3.97. The molecular weight excluding hydrogens is 154 g/mol. The second-order valence-electron chi connectivity index (χ2n) is 2.83. The maximum absolute atomic E-state index is 11.2. The number of hydrogen-bond acceptors (Lipinski definition) is 2. The van der Waals surface area contributed by atoms with Crippen molar-refractivity contribution in [3.8, 4) is 0 Å². The molecule has 0 saturated carbocycles. The molecule has 0 unspecified atom stereocenters. The Labute approximate surface area is 71.6 Å². The first kappa shape index (κ1) is 8.77. The molecule has 0 aliphatic heterocycles. The minimum absolute atomic E-state index is 0.0961. The van der Waals surface area contributed by atoms with E-state index in [0.29, 0.717) is 5.69 Å². The van der Waals surface area contributed by atoms with Crippen molar-refractivity contribution >= 4 is 5.91 Å². The Morgan fingerprint density at radius 1 is 1.67 bits per heavy atom. The lowest BCUT2D eigenvalue weighted by Gasteiger charge is -2.08. The van der Waals surface area contributed by atoms with Gasteiger partial charge < -0.3 is 5.32 Å². The van der Waals surface area contributed by atoms with Crippen molar-refractivity contribution in [2.24, 2.45) is 0 Å². The molecule has 1 N–H and O–H groups in total. The van der Waals surface area contributed by atoms with Gasteiger partial charge in [-0.1, -0.05) is 0 Å². The summed E-state index contributed by atoms with van der Waals surface area (Å²) in [6, 6.07) is 1.92. The average molecular weight is 167 g/mol. The zero-order valence-electron chi connectivity index (χ0n) is 7.53. The molecule has 0 fully saturated rings.